The summed E-state index contributed by atoms with van der Waals surface area (Å²) in [5.41, 5.74) is 0.979. The molecule has 2 heterocycles. The maximum Gasteiger partial charge on any atom is 0.327 e. The summed E-state index contributed by atoms with van der Waals surface area (Å²) in [4.78, 5) is 39.7. The molecule has 0 saturated carbocycles. The van der Waals surface area contributed by atoms with Gasteiger partial charge in [0.25, 0.3) is 0 Å². The highest BCUT2D eigenvalue weighted by Crippen LogP contribution is 2.39. The molecule has 1 aromatic carbocycles. The van der Waals surface area contributed by atoms with E-state index in [4.69, 9.17) is 4.74 Å². The number of esters is 1. The van der Waals surface area contributed by atoms with Crippen molar-refractivity contribution in [3.8, 4) is 0 Å². The lowest BCUT2D eigenvalue weighted by Gasteiger charge is -2.49. The fraction of sp³-hybridized carbons (Fsp3) is 0.471. The third kappa shape index (κ3) is 2.54. The fourth-order valence-electron chi connectivity index (χ4n) is 3.68. The van der Waals surface area contributed by atoms with E-state index in [-0.39, 0.29) is 23.8 Å². The number of nitrogens with one attached hydrogen (secondary N) is 1. The van der Waals surface area contributed by atoms with Crippen LogP contribution in [0.15, 0.2) is 30.3 Å². The van der Waals surface area contributed by atoms with E-state index in [0.29, 0.717) is 6.42 Å². The van der Waals surface area contributed by atoms with Crippen molar-refractivity contribution in [3.05, 3.63) is 35.9 Å². The highest BCUT2D eigenvalue weighted by Gasteiger charge is 2.52. The van der Waals surface area contributed by atoms with Crippen molar-refractivity contribution in [3.63, 3.8) is 0 Å². The Balaban J connectivity index is 2.02. The Hall–Kier alpha value is -2.41. The van der Waals surface area contributed by atoms with Crippen LogP contribution >= 0.6 is 0 Å². The molecule has 0 radical (unpaired) electrons. The molecule has 0 bridgehead atoms. The second-order valence-electron chi connectivity index (χ2n) is 6.26. The molecule has 128 valence electrons. The molecule has 24 heavy (non-hydrogen) atoms. The molecule has 3 amide bonds. The molecule has 0 aliphatic carbocycles. The van der Waals surface area contributed by atoms with Crippen LogP contribution in [0, 0.1) is 5.92 Å². The molecule has 3 rings (SSSR count). The Bertz CT molecular complexity index is 663. The first-order chi connectivity index (χ1) is 11.5. The molecular formula is C17H21N3O4. The predicted molar refractivity (Wildman–Crippen MR) is 85.9 cm³/mol. The van der Waals surface area contributed by atoms with Gasteiger partial charge in [-0.15, -0.1) is 0 Å². The minimum atomic E-state index is -0.562. The molecule has 0 spiro atoms. The quantitative estimate of drug-likeness (QED) is 0.810. The highest BCUT2D eigenvalue weighted by atomic mass is 16.5. The minimum absolute atomic E-state index is 0.174. The SMILES string of the molecule is COC(=O)C1CC(c2ccccc2)C2C(=O)N(C)C(=O)N(C)C2N1. The smallest absolute Gasteiger partial charge is 0.327 e. The standard InChI is InChI=1S/C17H21N3O4/c1-19-14-13(15(21)20(2)17(19)23)11(10-7-5-4-6-8-10)9-12(18-14)16(22)24-3/h4-8,11-14,18H,9H2,1-3H3. The zero-order valence-corrected chi connectivity index (χ0v) is 13.9. The highest BCUT2D eigenvalue weighted by molar-refractivity contribution is 5.99. The van der Waals surface area contributed by atoms with Crippen LogP contribution in [0.1, 0.15) is 17.9 Å². The van der Waals surface area contributed by atoms with Crippen molar-refractivity contribution in [2.24, 2.45) is 5.92 Å². The zero-order chi connectivity index (χ0) is 17.4. The summed E-state index contributed by atoms with van der Waals surface area (Å²) >= 11 is 0. The molecule has 2 aliphatic heterocycles. The number of amides is 3. The summed E-state index contributed by atoms with van der Waals surface area (Å²) in [5.74, 6) is -1.23. The van der Waals surface area contributed by atoms with Gasteiger partial charge >= 0.3 is 12.0 Å². The maximum absolute atomic E-state index is 12.8. The van der Waals surface area contributed by atoms with Crippen LogP contribution in [0.2, 0.25) is 0 Å². The summed E-state index contributed by atoms with van der Waals surface area (Å²) in [6.07, 6.45) is -0.0938. The number of piperidine rings is 1. The fourth-order valence-corrected chi connectivity index (χ4v) is 3.68. The van der Waals surface area contributed by atoms with Crippen molar-refractivity contribution < 1.29 is 19.1 Å². The lowest BCUT2D eigenvalue weighted by molar-refractivity contribution is -0.150. The topological polar surface area (TPSA) is 79.0 Å². The number of fused-ring (bicyclic) bond motifs is 1. The van der Waals surface area contributed by atoms with Gasteiger partial charge in [-0.2, -0.15) is 0 Å². The molecule has 2 fully saturated rings. The van der Waals surface area contributed by atoms with Gasteiger partial charge in [0.15, 0.2) is 0 Å². The first kappa shape index (κ1) is 16.4. The largest absolute Gasteiger partial charge is 0.468 e. The number of benzene rings is 1. The number of hydrogen-bond donors (Lipinski definition) is 1. The number of carbonyl (C=O) groups excluding carboxylic acids is 3. The Morgan fingerprint density at radius 3 is 2.50 bits per heavy atom. The predicted octanol–water partition coefficient (Wildman–Crippen LogP) is 0.771. The monoisotopic (exact) mass is 331 g/mol. The number of nitrogens with zero attached hydrogens (tertiary/aromatic N) is 2. The van der Waals surface area contributed by atoms with E-state index < -0.39 is 18.1 Å². The number of imide groups is 1. The Kier molecular flexibility index (Phi) is 4.28. The van der Waals surface area contributed by atoms with Gasteiger partial charge < -0.3 is 9.64 Å². The number of methoxy groups -OCH3 is 1. The van der Waals surface area contributed by atoms with E-state index in [1.807, 2.05) is 30.3 Å². The average molecular weight is 331 g/mol. The number of carbonyl (C=O) groups is 3. The average Bonchev–Trinajstić information content (AvgIpc) is 2.63. The lowest BCUT2D eigenvalue weighted by atomic mass is 9.74. The normalized spacial score (nSPS) is 30.1. The van der Waals surface area contributed by atoms with Crippen LogP contribution in [-0.4, -0.2) is 61.1 Å². The third-order valence-electron chi connectivity index (χ3n) is 4.97. The molecule has 0 aromatic heterocycles. The molecule has 7 heteroatoms. The summed E-state index contributed by atoms with van der Waals surface area (Å²) in [6.45, 7) is 0. The third-order valence-corrected chi connectivity index (χ3v) is 4.97. The molecule has 1 N–H and O–H groups in total. The van der Waals surface area contributed by atoms with Gasteiger partial charge in [-0.25, -0.2) is 4.79 Å². The van der Waals surface area contributed by atoms with E-state index in [0.717, 1.165) is 10.5 Å². The number of hydrogen-bond acceptors (Lipinski definition) is 5. The van der Waals surface area contributed by atoms with Gasteiger partial charge in [-0.1, -0.05) is 30.3 Å². The molecule has 4 unspecified atom stereocenters. The molecule has 2 aliphatic rings. The Morgan fingerprint density at radius 2 is 1.88 bits per heavy atom. The van der Waals surface area contributed by atoms with Crippen LogP contribution in [0.5, 0.6) is 0 Å². The van der Waals surface area contributed by atoms with Gasteiger partial charge in [0.1, 0.15) is 6.04 Å². The number of urea groups is 1. The van der Waals surface area contributed by atoms with Crippen LogP contribution in [0.25, 0.3) is 0 Å². The molecular weight excluding hydrogens is 310 g/mol. The van der Waals surface area contributed by atoms with Crippen LogP contribution in [0.4, 0.5) is 4.79 Å². The van der Waals surface area contributed by atoms with Crippen molar-refractivity contribution >= 4 is 17.9 Å². The second kappa shape index (κ2) is 6.24. The summed E-state index contributed by atoms with van der Waals surface area (Å²) in [5, 5.41) is 3.12. The summed E-state index contributed by atoms with van der Waals surface area (Å²) in [6, 6.07) is 8.68. The van der Waals surface area contributed by atoms with E-state index in [1.165, 1.54) is 19.1 Å². The molecule has 4 atom stereocenters. The Morgan fingerprint density at radius 1 is 1.21 bits per heavy atom. The zero-order valence-electron chi connectivity index (χ0n) is 13.9. The van der Waals surface area contributed by atoms with Gasteiger partial charge in [0, 0.05) is 20.0 Å². The van der Waals surface area contributed by atoms with Gasteiger partial charge in [0.05, 0.1) is 19.2 Å². The molecule has 2 saturated heterocycles. The van der Waals surface area contributed by atoms with Crippen LogP contribution in [0.3, 0.4) is 0 Å². The van der Waals surface area contributed by atoms with Crippen LogP contribution < -0.4 is 5.32 Å². The van der Waals surface area contributed by atoms with E-state index in [9.17, 15) is 14.4 Å². The summed E-state index contributed by atoms with van der Waals surface area (Å²) in [7, 11) is 4.46. The maximum atomic E-state index is 12.8. The summed E-state index contributed by atoms with van der Waals surface area (Å²) < 4.78 is 4.86. The van der Waals surface area contributed by atoms with Crippen molar-refractivity contribution in [1.82, 2.24) is 15.1 Å². The first-order valence-electron chi connectivity index (χ1n) is 7.89. The number of ether oxygens (including phenoxy) is 1. The van der Waals surface area contributed by atoms with Crippen molar-refractivity contribution in [1.29, 1.82) is 0 Å². The minimum Gasteiger partial charge on any atom is -0.468 e. The second-order valence-corrected chi connectivity index (χ2v) is 6.26. The van der Waals surface area contributed by atoms with Gasteiger partial charge in [0.2, 0.25) is 5.91 Å². The van der Waals surface area contributed by atoms with E-state index in [1.54, 1.807) is 7.05 Å². The lowest BCUT2D eigenvalue weighted by Crippen LogP contribution is -2.69. The Labute approximate surface area is 140 Å². The first-order valence-corrected chi connectivity index (χ1v) is 7.89. The van der Waals surface area contributed by atoms with Gasteiger partial charge in [-0.05, 0) is 12.0 Å². The van der Waals surface area contributed by atoms with Crippen LogP contribution in [-0.2, 0) is 14.3 Å². The molecule has 7 nitrogen and oxygen atoms in total. The van der Waals surface area contributed by atoms with Crippen molar-refractivity contribution in [2.45, 2.75) is 24.5 Å². The van der Waals surface area contributed by atoms with Gasteiger partial charge in [-0.3, -0.25) is 19.8 Å². The van der Waals surface area contributed by atoms with E-state index >= 15 is 0 Å². The molecule has 1 aromatic rings. The van der Waals surface area contributed by atoms with Crippen molar-refractivity contribution in [2.75, 3.05) is 21.2 Å². The number of rotatable bonds is 2. The van der Waals surface area contributed by atoms with E-state index in [2.05, 4.69) is 5.32 Å².